The van der Waals surface area contributed by atoms with E-state index >= 15 is 0 Å². The summed E-state index contributed by atoms with van der Waals surface area (Å²) in [7, 11) is -3.76. The molecule has 3 aromatic rings. The molecule has 1 N–H and O–H groups in total. The Hall–Kier alpha value is -3.58. The van der Waals surface area contributed by atoms with Gasteiger partial charge in [0.05, 0.1) is 11.4 Å². The molecule has 0 aliphatic carbocycles. The van der Waals surface area contributed by atoms with Crippen molar-refractivity contribution in [2.24, 2.45) is 0 Å². The van der Waals surface area contributed by atoms with Gasteiger partial charge in [0.2, 0.25) is 10.0 Å². The van der Waals surface area contributed by atoms with Crippen LogP contribution >= 0.6 is 11.8 Å². The van der Waals surface area contributed by atoms with Crippen LogP contribution < -0.4 is 9.62 Å². The molecule has 0 bridgehead atoms. The molecule has 0 atom stereocenters. The van der Waals surface area contributed by atoms with Gasteiger partial charge >= 0.3 is 11.5 Å². The number of nitrogens with one attached hydrogen (secondary N) is 1. The molecule has 1 aliphatic rings. The van der Waals surface area contributed by atoms with Gasteiger partial charge in [-0.25, -0.2) is 23.1 Å². The van der Waals surface area contributed by atoms with E-state index in [1.165, 1.54) is 41.4 Å². The highest BCUT2D eigenvalue weighted by Crippen LogP contribution is 2.39. The zero-order valence-corrected chi connectivity index (χ0v) is 21.9. The third kappa shape index (κ3) is 6.27. The van der Waals surface area contributed by atoms with Crippen LogP contribution in [0.1, 0.15) is 25.0 Å². The standard InChI is InChI=1S/C25H23F3N4O4S2/c1-24(2)22(33)32(19-8-10-20(11-9-19)37-25(26,27)28)23(34)31(24)15-18-12-13-29-21(14-18)30-38(35,36)16-17-6-4-3-5-7-17/h3-14H,15-16H2,1-2H3,(H,29,30). The molecule has 0 radical (unpaired) electrons. The summed E-state index contributed by atoms with van der Waals surface area (Å²) in [5.74, 6) is -0.735. The molecule has 1 aromatic heterocycles. The number of hydrogen-bond donors (Lipinski definition) is 1. The number of alkyl halides is 3. The number of pyridine rings is 1. The number of urea groups is 1. The molecular weight excluding hydrogens is 541 g/mol. The monoisotopic (exact) mass is 564 g/mol. The predicted octanol–water partition coefficient (Wildman–Crippen LogP) is 5.38. The van der Waals surface area contributed by atoms with Crippen LogP contribution in [0, 0.1) is 0 Å². The highest BCUT2D eigenvalue weighted by Gasteiger charge is 2.51. The minimum absolute atomic E-state index is 0.0357. The van der Waals surface area contributed by atoms with Crippen LogP contribution in [0.25, 0.3) is 0 Å². The van der Waals surface area contributed by atoms with Crippen molar-refractivity contribution in [1.82, 2.24) is 9.88 Å². The largest absolute Gasteiger partial charge is 0.446 e. The van der Waals surface area contributed by atoms with E-state index in [9.17, 15) is 31.2 Å². The maximum Gasteiger partial charge on any atom is 0.446 e. The number of carbonyl (C=O) groups is 2. The fourth-order valence-electron chi connectivity index (χ4n) is 3.93. The molecule has 38 heavy (non-hydrogen) atoms. The molecular formula is C25H23F3N4O4S2. The predicted molar refractivity (Wildman–Crippen MR) is 138 cm³/mol. The lowest BCUT2D eigenvalue weighted by Gasteiger charge is -2.27. The summed E-state index contributed by atoms with van der Waals surface area (Å²) in [6.45, 7) is 3.09. The molecule has 2 aromatic carbocycles. The Morgan fingerprint density at radius 3 is 2.26 bits per heavy atom. The summed E-state index contributed by atoms with van der Waals surface area (Å²) >= 11 is -0.292. The first-order chi connectivity index (χ1) is 17.7. The molecule has 13 heteroatoms. The van der Waals surface area contributed by atoms with Crippen molar-refractivity contribution in [3.63, 3.8) is 0 Å². The van der Waals surface area contributed by atoms with E-state index in [1.54, 1.807) is 50.2 Å². The van der Waals surface area contributed by atoms with Gasteiger partial charge in [0.1, 0.15) is 11.4 Å². The summed E-state index contributed by atoms with van der Waals surface area (Å²) < 4.78 is 65.5. The van der Waals surface area contributed by atoms with Gasteiger partial charge in [-0.2, -0.15) is 13.2 Å². The molecule has 1 saturated heterocycles. The van der Waals surface area contributed by atoms with Gasteiger partial charge in [-0.1, -0.05) is 30.3 Å². The number of thioether (sulfide) groups is 1. The molecule has 2 heterocycles. The van der Waals surface area contributed by atoms with Crippen molar-refractivity contribution < 1.29 is 31.2 Å². The average molecular weight is 565 g/mol. The highest BCUT2D eigenvalue weighted by atomic mass is 32.2. The molecule has 0 saturated carbocycles. The van der Waals surface area contributed by atoms with Gasteiger partial charge in [0.15, 0.2) is 0 Å². The van der Waals surface area contributed by atoms with Gasteiger partial charge in [-0.05, 0) is 73.1 Å². The molecule has 8 nitrogen and oxygen atoms in total. The molecule has 4 rings (SSSR count). The van der Waals surface area contributed by atoms with Gasteiger partial charge in [-0.3, -0.25) is 9.52 Å². The Labute approximate surface area is 221 Å². The van der Waals surface area contributed by atoms with E-state index in [0.29, 0.717) is 11.1 Å². The highest BCUT2D eigenvalue weighted by molar-refractivity contribution is 8.00. The molecule has 200 valence electrons. The number of sulfonamides is 1. The fraction of sp³-hybridized carbons (Fsp3) is 0.240. The van der Waals surface area contributed by atoms with Gasteiger partial charge in [0.25, 0.3) is 5.91 Å². The number of hydrogen-bond acceptors (Lipinski definition) is 6. The van der Waals surface area contributed by atoms with Crippen LogP contribution in [0.4, 0.5) is 29.5 Å². The Balaban J connectivity index is 1.51. The van der Waals surface area contributed by atoms with E-state index in [0.717, 1.165) is 4.90 Å². The summed E-state index contributed by atoms with van der Waals surface area (Å²) in [5.41, 5.74) is -4.47. The molecule has 1 fully saturated rings. The van der Waals surface area contributed by atoms with E-state index in [4.69, 9.17) is 0 Å². The van der Waals surface area contributed by atoms with Gasteiger partial charge in [-0.15, -0.1) is 0 Å². The second kappa shape index (κ2) is 10.3. The smallest absolute Gasteiger partial charge is 0.305 e. The first kappa shape index (κ1) is 27.5. The minimum Gasteiger partial charge on any atom is -0.305 e. The maximum atomic E-state index is 13.3. The lowest BCUT2D eigenvalue weighted by atomic mass is 10.0. The van der Waals surface area contributed by atoms with Crippen LogP contribution in [0.2, 0.25) is 0 Å². The van der Waals surface area contributed by atoms with Gasteiger partial charge < -0.3 is 4.90 Å². The van der Waals surface area contributed by atoms with Crippen LogP contribution in [-0.2, 0) is 27.1 Å². The number of benzene rings is 2. The Morgan fingerprint density at radius 2 is 1.63 bits per heavy atom. The first-order valence-electron chi connectivity index (χ1n) is 11.3. The fourth-order valence-corrected chi connectivity index (χ4v) is 5.60. The Kier molecular flexibility index (Phi) is 7.44. The SMILES string of the molecule is CC1(C)C(=O)N(c2ccc(SC(F)(F)F)cc2)C(=O)N1Cc1ccnc(NS(=O)(=O)Cc2ccccc2)c1. The van der Waals surface area contributed by atoms with E-state index in [1.807, 2.05) is 0 Å². The number of halogens is 3. The molecule has 0 spiro atoms. The quantitative estimate of drug-likeness (QED) is 0.291. The van der Waals surface area contributed by atoms with Gasteiger partial charge in [0, 0.05) is 17.6 Å². The van der Waals surface area contributed by atoms with Crippen molar-refractivity contribution in [3.8, 4) is 0 Å². The first-order valence-corrected chi connectivity index (χ1v) is 13.7. The minimum atomic E-state index is -4.46. The number of carbonyl (C=O) groups excluding carboxylic acids is 2. The number of nitrogens with zero attached hydrogens (tertiary/aromatic N) is 3. The van der Waals surface area contributed by atoms with E-state index in [-0.39, 0.29) is 40.5 Å². The number of anilines is 2. The summed E-state index contributed by atoms with van der Waals surface area (Å²) in [6.07, 6.45) is 1.39. The van der Waals surface area contributed by atoms with Crippen molar-refractivity contribution >= 4 is 45.2 Å². The van der Waals surface area contributed by atoms with Crippen LogP contribution in [0.3, 0.4) is 0 Å². The lowest BCUT2D eigenvalue weighted by molar-refractivity contribution is -0.123. The zero-order chi connectivity index (χ0) is 27.7. The van der Waals surface area contributed by atoms with Crippen molar-refractivity contribution in [3.05, 3.63) is 84.1 Å². The van der Waals surface area contributed by atoms with Crippen molar-refractivity contribution in [2.45, 2.75) is 42.1 Å². The number of amides is 3. The number of aromatic nitrogens is 1. The second-order valence-electron chi connectivity index (χ2n) is 9.01. The third-order valence-electron chi connectivity index (χ3n) is 5.78. The maximum absolute atomic E-state index is 13.3. The normalized spacial score (nSPS) is 15.7. The summed E-state index contributed by atoms with van der Waals surface area (Å²) in [5, 5.41) is 0. The molecule has 0 unspecified atom stereocenters. The number of rotatable bonds is 8. The van der Waals surface area contributed by atoms with Crippen LogP contribution in [-0.4, -0.2) is 41.3 Å². The van der Waals surface area contributed by atoms with E-state index < -0.39 is 33.0 Å². The van der Waals surface area contributed by atoms with Crippen molar-refractivity contribution in [2.75, 3.05) is 9.62 Å². The van der Waals surface area contributed by atoms with Crippen molar-refractivity contribution in [1.29, 1.82) is 0 Å². The lowest BCUT2D eigenvalue weighted by Crippen LogP contribution is -2.43. The average Bonchev–Trinajstić information content (AvgIpc) is 2.98. The summed E-state index contributed by atoms with van der Waals surface area (Å²) in [4.78, 5) is 32.7. The molecule has 3 amide bonds. The Bertz CT molecular complexity index is 1450. The summed E-state index contributed by atoms with van der Waals surface area (Å²) in [6, 6.07) is 16.0. The Morgan fingerprint density at radius 1 is 0.974 bits per heavy atom. The molecule has 1 aliphatic heterocycles. The second-order valence-corrected chi connectivity index (χ2v) is 11.9. The number of imide groups is 1. The third-order valence-corrected chi connectivity index (χ3v) is 7.75. The topological polar surface area (TPSA) is 99.7 Å². The van der Waals surface area contributed by atoms with Crippen LogP contribution in [0.15, 0.2) is 77.8 Å². The zero-order valence-electron chi connectivity index (χ0n) is 20.3. The van der Waals surface area contributed by atoms with E-state index in [2.05, 4.69) is 9.71 Å². The van der Waals surface area contributed by atoms with Crippen LogP contribution in [0.5, 0.6) is 0 Å².